The Balaban J connectivity index is 2.06. The van der Waals surface area contributed by atoms with Crippen LogP contribution in [0.5, 0.6) is 0 Å². The molecule has 0 aromatic carbocycles. The summed E-state index contributed by atoms with van der Waals surface area (Å²) in [6.45, 7) is 4.94. The first kappa shape index (κ1) is 17.2. The lowest BCUT2D eigenvalue weighted by atomic mass is 10.1. The third-order valence-corrected chi connectivity index (χ3v) is 3.71. The van der Waals surface area contributed by atoms with E-state index in [1.54, 1.807) is 0 Å². The maximum absolute atomic E-state index is 10.4. The van der Waals surface area contributed by atoms with Crippen LogP contribution in [0.25, 0.3) is 0 Å². The van der Waals surface area contributed by atoms with Gasteiger partial charge in [-0.15, -0.1) is 0 Å². The first-order valence-electron chi connectivity index (χ1n) is 7.84. The maximum Gasteiger partial charge on any atom is 0.404 e. The molecule has 1 aliphatic heterocycles. The third kappa shape index (κ3) is 7.10. The zero-order valence-electron chi connectivity index (χ0n) is 12.8. The normalized spacial score (nSPS) is 25.8. The van der Waals surface area contributed by atoms with Crippen LogP contribution in [0, 0.1) is 0 Å². The predicted molar refractivity (Wildman–Crippen MR) is 77.9 cm³/mol. The molecular weight excluding hydrogens is 258 g/mol. The van der Waals surface area contributed by atoms with Crippen LogP contribution in [0.2, 0.25) is 0 Å². The molecule has 1 fully saturated rings. The van der Waals surface area contributed by atoms with E-state index in [1.807, 2.05) is 6.92 Å². The van der Waals surface area contributed by atoms with Gasteiger partial charge in [0, 0.05) is 13.0 Å². The molecule has 0 saturated carbocycles. The summed E-state index contributed by atoms with van der Waals surface area (Å²) in [5, 5.41) is 10.9. The van der Waals surface area contributed by atoms with E-state index in [-0.39, 0.29) is 6.10 Å². The highest BCUT2D eigenvalue weighted by Crippen LogP contribution is 2.28. The van der Waals surface area contributed by atoms with Crippen LogP contribution >= 0.6 is 0 Å². The van der Waals surface area contributed by atoms with E-state index >= 15 is 0 Å². The van der Waals surface area contributed by atoms with Gasteiger partial charge in [0.2, 0.25) is 0 Å². The second-order valence-corrected chi connectivity index (χ2v) is 5.74. The summed E-state index contributed by atoms with van der Waals surface area (Å²) in [4.78, 5) is 10.4. The highest BCUT2D eigenvalue weighted by Gasteiger charge is 2.36. The average Bonchev–Trinajstić information content (AvgIpc) is 2.78. The zero-order valence-corrected chi connectivity index (χ0v) is 12.8. The largest absolute Gasteiger partial charge is 0.465 e. The molecule has 0 spiro atoms. The molecule has 2 unspecified atom stereocenters. The van der Waals surface area contributed by atoms with Crippen molar-refractivity contribution in [2.24, 2.45) is 0 Å². The predicted octanol–water partition coefficient (Wildman–Crippen LogP) is 3.53. The quantitative estimate of drug-likeness (QED) is 0.603. The Morgan fingerprint density at radius 3 is 2.55 bits per heavy atom. The monoisotopic (exact) mass is 287 g/mol. The maximum atomic E-state index is 10.4. The Bertz CT molecular complexity index is 285. The van der Waals surface area contributed by atoms with Gasteiger partial charge in [0.25, 0.3) is 0 Å². The molecule has 1 aliphatic rings. The molecule has 0 aromatic rings. The Morgan fingerprint density at radius 1 is 1.25 bits per heavy atom. The molecule has 1 saturated heterocycles. The second kappa shape index (κ2) is 9.19. The van der Waals surface area contributed by atoms with Crippen LogP contribution in [0.4, 0.5) is 4.79 Å². The first-order valence-corrected chi connectivity index (χ1v) is 7.84. The molecule has 5 heteroatoms. The fourth-order valence-electron chi connectivity index (χ4n) is 2.53. The number of carbonyl (C=O) groups is 1. The average molecular weight is 287 g/mol. The van der Waals surface area contributed by atoms with Gasteiger partial charge in [-0.05, 0) is 13.3 Å². The van der Waals surface area contributed by atoms with Crippen LogP contribution in [-0.2, 0) is 9.47 Å². The number of rotatable bonds is 10. The summed E-state index contributed by atoms with van der Waals surface area (Å²) < 4.78 is 11.5. The number of carboxylic acid groups (broad SMARTS) is 1. The van der Waals surface area contributed by atoms with Gasteiger partial charge < -0.3 is 19.9 Å². The van der Waals surface area contributed by atoms with Crippen LogP contribution < -0.4 is 5.32 Å². The number of amides is 1. The minimum absolute atomic E-state index is 0.166. The molecule has 118 valence electrons. The van der Waals surface area contributed by atoms with Crippen molar-refractivity contribution in [3.05, 3.63) is 0 Å². The van der Waals surface area contributed by atoms with Crippen molar-refractivity contribution >= 4 is 6.09 Å². The van der Waals surface area contributed by atoms with E-state index in [0.717, 1.165) is 12.8 Å². The van der Waals surface area contributed by atoms with Gasteiger partial charge in [-0.25, -0.2) is 4.79 Å². The topological polar surface area (TPSA) is 67.8 Å². The first-order chi connectivity index (χ1) is 9.56. The van der Waals surface area contributed by atoms with Gasteiger partial charge in [0.05, 0.1) is 6.61 Å². The lowest BCUT2D eigenvalue weighted by molar-refractivity contribution is -0.158. The number of nitrogens with one attached hydrogen (secondary N) is 1. The summed E-state index contributed by atoms with van der Waals surface area (Å²) in [7, 11) is 0. The fraction of sp³-hybridized carbons (Fsp3) is 0.933. The van der Waals surface area contributed by atoms with Crippen molar-refractivity contribution in [3.63, 3.8) is 0 Å². The Hall–Kier alpha value is -0.810. The Labute approximate surface area is 122 Å². The van der Waals surface area contributed by atoms with E-state index in [9.17, 15) is 4.79 Å². The summed E-state index contributed by atoms with van der Waals surface area (Å²) in [6, 6.07) is 0. The number of hydrogen-bond donors (Lipinski definition) is 2. The van der Waals surface area contributed by atoms with Crippen LogP contribution in [0.15, 0.2) is 0 Å². The van der Waals surface area contributed by atoms with Crippen molar-refractivity contribution in [1.29, 1.82) is 0 Å². The van der Waals surface area contributed by atoms with Crippen molar-refractivity contribution in [3.8, 4) is 0 Å². The van der Waals surface area contributed by atoms with Crippen LogP contribution in [0.3, 0.4) is 0 Å². The van der Waals surface area contributed by atoms with E-state index in [0.29, 0.717) is 13.2 Å². The van der Waals surface area contributed by atoms with Crippen molar-refractivity contribution in [2.75, 3.05) is 13.2 Å². The summed E-state index contributed by atoms with van der Waals surface area (Å²) in [6.07, 6.45) is 8.56. The number of ether oxygens (including phenoxy) is 2. The standard InChI is InChI=1S/C15H29NO4/c1-3-4-5-6-7-8-9-10-15(2)19-12-13(20-15)11-16-14(17)18/h13,16H,3-12H2,1-2H3,(H,17,18). The van der Waals surface area contributed by atoms with Gasteiger partial charge >= 0.3 is 6.09 Å². The zero-order chi connectivity index (χ0) is 14.8. The van der Waals surface area contributed by atoms with E-state index < -0.39 is 11.9 Å². The minimum Gasteiger partial charge on any atom is -0.465 e. The molecule has 20 heavy (non-hydrogen) atoms. The van der Waals surface area contributed by atoms with E-state index in [4.69, 9.17) is 14.6 Å². The molecule has 2 atom stereocenters. The fourth-order valence-corrected chi connectivity index (χ4v) is 2.53. The minimum atomic E-state index is -1.02. The molecule has 0 aromatic heterocycles. The van der Waals surface area contributed by atoms with Crippen molar-refractivity contribution in [2.45, 2.75) is 77.1 Å². The molecule has 0 aliphatic carbocycles. The molecule has 1 rings (SSSR count). The molecule has 5 nitrogen and oxygen atoms in total. The second-order valence-electron chi connectivity index (χ2n) is 5.74. The molecule has 1 amide bonds. The summed E-state index contributed by atoms with van der Waals surface area (Å²) >= 11 is 0. The molecule has 0 radical (unpaired) electrons. The molecule has 2 N–H and O–H groups in total. The van der Waals surface area contributed by atoms with Crippen LogP contribution in [0.1, 0.15) is 65.2 Å². The summed E-state index contributed by atoms with van der Waals surface area (Å²) in [5.74, 6) is -0.533. The third-order valence-electron chi connectivity index (χ3n) is 3.71. The van der Waals surface area contributed by atoms with Gasteiger partial charge in [0.15, 0.2) is 5.79 Å². The van der Waals surface area contributed by atoms with Gasteiger partial charge in [-0.3, -0.25) is 0 Å². The molecule has 0 bridgehead atoms. The Kier molecular flexibility index (Phi) is 7.92. The van der Waals surface area contributed by atoms with Crippen LogP contribution in [-0.4, -0.2) is 36.2 Å². The smallest absolute Gasteiger partial charge is 0.404 e. The van der Waals surface area contributed by atoms with Gasteiger partial charge in [-0.1, -0.05) is 45.4 Å². The molecule has 1 heterocycles. The van der Waals surface area contributed by atoms with E-state index in [2.05, 4.69) is 12.2 Å². The lowest BCUT2D eigenvalue weighted by Crippen LogP contribution is -2.34. The van der Waals surface area contributed by atoms with Crippen molar-refractivity contribution < 1.29 is 19.4 Å². The summed E-state index contributed by atoms with van der Waals surface area (Å²) in [5.41, 5.74) is 0. The number of hydrogen-bond acceptors (Lipinski definition) is 3. The van der Waals surface area contributed by atoms with Gasteiger partial charge in [0.1, 0.15) is 6.10 Å². The highest BCUT2D eigenvalue weighted by molar-refractivity contribution is 5.64. The number of unbranched alkanes of at least 4 members (excludes halogenated alkanes) is 6. The highest BCUT2D eigenvalue weighted by atomic mass is 16.7. The molecular formula is C15H29NO4. The van der Waals surface area contributed by atoms with Crippen molar-refractivity contribution in [1.82, 2.24) is 5.32 Å². The van der Waals surface area contributed by atoms with Gasteiger partial charge in [-0.2, -0.15) is 0 Å². The Morgan fingerprint density at radius 2 is 1.90 bits per heavy atom. The SMILES string of the molecule is CCCCCCCCCC1(C)OCC(CNC(=O)O)O1. The van der Waals surface area contributed by atoms with E-state index in [1.165, 1.54) is 38.5 Å². The lowest BCUT2D eigenvalue weighted by Gasteiger charge is -2.23.